The van der Waals surface area contributed by atoms with Crippen molar-refractivity contribution in [1.82, 2.24) is 9.88 Å². The van der Waals surface area contributed by atoms with E-state index in [0.29, 0.717) is 18.3 Å². The third-order valence-corrected chi connectivity index (χ3v) is 4.01. The Morgan fingerprint density at radius 3 is 2.50 bits per heavy atom. The van der Waals surface area contributed by atoms with Crippen LogP contribution in [0, 0.1) is 0 Å². The predicted octanol–water partition coefficient (Wildman–Crippen LogP) is 2.76. The van der Waals surface area contributed by atoms with E-state index < -0.39 is 0 Å². The van der Waals surface area contributed by atoms with Crippen molar-refractivity contribution in [3.05, 3.63) is 12.1 Å². The average molecular weight is 306 g/mol. The van der Waals surface area contributed by atoms with Crippen molar-refractivity contribution >= 4 is 11.5 Å². The predicted molar refractivity (Wildman–Crippen MR) is 92.6 cm³/mol. The SMILES string of the molecule is CCCN(CCC)c1cc(N)nc(OCCN2CCCC2)c1. The van der Waals surface area contributed by atoms with Gasteiger partial charge in [0.2, 0.25) is 5.88 Å². The number of pyridine rings is 1. The van der Waals surface area contributed by atoms with Gasteiger partial charge >= 0.3 is 0 Å². The summed E-state index contributed by atoms with van der Waals surface area (Å²) in [7, 11) is 0. The summed E-state index contributed by atoms with van der Waals surface area (Å²) >= 11 is 0. The van der Waals surface area contributed by atoms with E-state index in [4.69, 9.17) is 10.5 Å². The first-order chi connectivity index (χ1) is 10.7. The van der Waals surface area contributed by atoms with E-state index in [1.54, 1.807) is 0 Å². The second-order valence-corrected chi connectivity index (χ2v) is 5.97. The number of nitrogens with two attached hydrogens (primary N) is 1. The molecule has 124 valence electrons. The Morgan fingerprint density at radius 2 is 1.86 bits per heavy atom. The lowest BCUT2D eigenvalue weighted by Gasteiger charge is -2.24. The minimum Gasteiger partial charge on any atom is -0.476 e. The summed E-state index contributed by atoms with van der Waals surface area (Å²) in [4.78, 5) is 9.10. The molecule has 22 heavy (non-hydrogen) atoms. The van der Waals surface area contributed by atoms with Gasteiger partial charge in [0.1, 0.15) is 12.4 Å². The van der Waals surface area contributed by atoms with Crippen molar-refractivity contribution in [1.29, 1.82) is 0 Å². The summed E-state index contributed by atoms with van der Waals surface area (Å²) in [5.41, 5.74) is 7.07. The number of likely N-dealkylation sites (tertiary alicyclic amines) is 1. The third-order valence-electron chi connectivity index (χ3n) is 4.01. The first-order valence-corrected chi connectivity index (χ1v) is 8.60. The molecule has 2 heterocycles. The Hall–Kier alpha value is -1.49. The first kappa shape index (κ1) is 16.9. The van der Waals surface area contributed by atoms with Gasteiger partial charge in [0.15, 0.2) is 0 Å². The molecule has 1 aliphatic heterocycles. The molecule has 0 bridgehead atoms. The van der Waals surface area contributed by atoms with E-state index in [-0.39, 0.29) is 0 Å². The molecule has 0 unspecified atom stereocenters. The van der Waals surface area contributed by atoms with Gasteiger partial charge in [0.05, 0.1) is 0 Å². The smallest absolute Gasteiger partial charge is 0.217 e. The van der Waals surface area contributed by atoms with Crippen LogP contribution in [0.5, 0.6) is 5.88 Å². The van der Waals surface area contributed by atoms with Crippen LogP contribution in [0.15, 0.2) is 12.1 Å². The highest BCUT2D eigenvalue weighted by Gasteiger charge is 2.12. The summed E-state index contributed by atoms with van der Waals surface area (Å²) in [5, 5.41) is 0. The lowest BCUT2D eigenvalue weighted by Crippen LogP contribution is -2.26. The number of anilines is 2. The second kappa shape index (κ2) is 8.83. The Kier molecular flexibility index (Phi) is 6.77. The maximum absolute atomic E-state index is 5.96. The van der Waals surface area contributed by atoms with Crippen LogP contribution in [0.3, 0.4) is 0 Å². The molecule has 1 saturated heterocycles. The molecule has 0 aromatic carbocycles. The maximum Gasteiger partial charge on any atom is 0.217 e. The van der Waals surface area contributed by atoms with Gasteiger partial charge in [-0.2, -0.15) is 4.98 Å². The molecular formula is C17H30N4O. The number of aromatic nitrogens is 1. The summed E-state index contributed by atoms with van der Waals surface area (Å²) in [6.07, 6.45) is 4.86. The zero-order valence-corrected chi connectivity index (χ0v) is 14.1. The fourth-order valence-corrected chi connectivity index (χ4v) is 2.96. The summed E-state index contributed by atoms with van der Waals surface area (Å²) in [6, 6.07) is 3.96. The fourth-order valence-electron chi connectivity index (χ4n) is 2.96. The number of rotatable bonds is 9. The van der Waals surface area contributed by atoms with Crippen LogP contribution in [0.1, 0.15) is 39.5 Å². The number of ether oxygens (including phenoxy) is 1. The van der Waals surface area contributed by atoms with Crippen molar-refractivity contribution in [2.75, 3.05) is 50.0 Å². The van der Waals surface area contributed by atoms with E-state index >= 15 is 0 Å². The third kappa shape index (κ3) is 5.05. The molecule has 1 aromatic rings. The zero-order valence-electron chi connectivity index (χ0n) is 14.1. The molecular weight excluding hydrogens is 276 g/mol. The van der Waals surface area contributed by atoms with E-state index in [2.05, 4.69) is 28.6 Å². The van der Waals surface area contributed by atoms with Crippen molar-refractivity contribution in [2.24, 2.45) is 0 Å². The Labute approximate surface area is 134 Å². The molecule has 1 aliphatic rings. The molecule has 0 saturated carbocycles. The summed E-state index contributed by atoms with van der Waals surface area (Å²) < 4.78 is 5.84. The van der Waals surface area contributed by atoms with Gasteiger partial charge in [0.25, 0.3) is 0 Å². The van der Waals surface area contributed by atoms with Crippen LogP contribution in [-0.2, 0) is 0 Å². The summed E-state index contributed by atoms with van der Waals surface area (Å²) in [5.74, 6) is 1.18. The van der Waals surface area contributed by atoms with Crippen LogP contribution in [0.4, 0.5) is 11.5 Å². The lowest BCUT2D eigenvalue weighted by molar-refractivity contribution is 0.232. The van der Waals surface area contributed by atoms with E-state index in [0.717, 1.165) is 38.2 Å². The van der Waals surface area contributed by atoms with Gasteiger partial charge in [-0.05, 0) is 38.8 Å². The maximum atomic E-state index is 5.96. The van der Waals surface area contributed by atoms with Crippen molar-refractivity contribution in [3.63, 3.8) is 0 Å². The molecule has 0 atom stereocenters. The van der Waals surface area contributed by atoms with Crippen LogP contribution in [0.2, 0.25) is 0 Å². The Bertz CT molecular complexity index is 440. The highest BCUT2D eigenvalue weighted by molar-refractivity contribution is 5.55. The largest absolute Gasteiger partial charge is 0.476 e. The molecule has 0 aliphatic carbocycles. The van der Waals surface area contributed by atoms with E-state index in [9.17, 15) is 0 Å². The molecule has 5 nitrogen and oxygen atoms in total. The van der Waals surface area contributed by atoms with Crippen molar-refractivity contribution in [2.45, 2.75) is 39.5 Å². The highest BCUT2D eigenvalue weighted by Crippen LogP contribution is 2.23. The molecule has 2 rings (SSSR count). The van der Waals surface area contributed by atoms with Crippen LogP contribution < -0.4 is 15.4 Å². The van der Waals surface area contributed by atoms with Gasteiger partial charge in [0, 0.05) is 37.5 Å². The molecule has 0 spiro atoms. The lowest BCUT2D eigenvalue weighted by atomic mass is 10.3. The van der Waals surface area contributed by atoms with Crippen LogP contribution in [0.25, 0.3) is 0 Å². The molecule has 5 heteroatoms. The molecule has 1 aromatic heterocycles. The normalized spacial score (nSPS) is 15.2. The monoisotopic (exact) mass is 306 g/mol. The minimum absolute atomic E-state index is 0.533. The van der Waals surface area contributed by atoms with Crippen LogP contribution >= 0.6 is 0 Å². The van der Waals surface area contributed by atoms with Crippen molar-refractivity contribution in [3.8, 4) is 5.88 Å². The number of nitrogen functional groups attached to an aromatic ring is 1. The van der Waals surface area contributed by atoms with Gasteiger partial charge < -0.3 is 15.4 Å². The molecule has 0 amide bonds. The van der Waals surface area contributed by atoms with E-state index in [1.807, 2.05) is 12.1 Å². The first-order valence-electron chi connectivity index (χ1n) is 8.60. The minimum atomic E-state index is 0.533. The standard InChI is InChI=1S/C17H30N4O/c1-3-7-21(8-4-2)15-13-16(18)19-17(14-15)22-12-11-20-9-5-6-10-20/h13-14H,3-12H2,1-2H3,(H2,18,19). The van der Waals surface area contributed by atoms with Gasteiger partial charge in [-0.1, -0.05) is 13.8 Å². The molecule has 2 N–H and O–H groups in total. The van der Waals surface area contributed by atoms with Gasteiger partial charge in [-0.3, -0.25) is 4.90 Å². The Balaban J connectivity index is 1.95. The average Bonchev–Trinajstić information content (AvgIpc) is 3.00. The summed E-state index contributed by atoms with van der Waals surface area (Å²) in [6.45, 7) is 10.5. The quantitative estimate of drug-likeness (QED) is 0.760. The zero-order chi connectivity index (χ0) is 15.8. The number of nitrogens with zero attached hydrogens (tertiary/aromatic N) is 3. The Morgan fingerprint density at radius 1 is 1.18 bits per heavy atom. The topological polar surface area (TPSA) is 54.6 Å². The highest BCUT2D eigenvalue weighted by atomic mass is 16.5. The number of hydrogen-bond donors (Lipinski definition) is 1. The van der Waals surface area contributed by atoms with Crippen LogP contribution in [-0.4, -0.2) is 49.2 Å². The van der Waals surface area contributed by atoms with Gasteiger partial charge in [-0.25, -0.2) is 0 Å². The number of hydrogen-bond acceptors (Lipinski definition) is 5. The van der Waals surface area contributed by atoms with E-state index in [1.165, 1.54) is 25.9 Å². The van der Waals surface area contributed by atoms with Gasteiger partial charge in [-0.15, -0.1) is 0 Å². The van der Waals surface area contributed by atoms with Crippen molar-refractivity contribution < 1.29 is 4.74 Å². The fraction of sp³-hybridized carbons (Fsp3) is 0.706. The second-order valence-electron chi connectivity index (χ2n) is 5.97. The molecule has 1 fully saturated rings. The molecule has 0 radical (unpaired) electrons.